The molecular weight excluding hydrogens is 528 g/mol. The third kappa shape index (κ3) is 7.07. The number of hydrazine groups is 1. The first-order valence-electron chi connectivity index (χ1n) is 13.8. The van der Waals surface area contributed by atoms with Crippen molar-refractivity contribution in [3.63, 3.8) is 0 Å². The van der Waals surface area contributed by atoms with E-state index in [0.29, 0.717) is 12.2 Å². The van der Waals surface area contributed by atoms with E-state index in [-0.39, 0.29) is 17.9 Å². The zero-order valence-electron chi connectivity index (χ0n) is 23.5. The largest absolute Gasteiger partial charge is 0.490 e. The zero-order chi connectivity index (χ0) is 28.3. The molecule has 0 bridgehead atoms. The Morgan fingerprint density at radius 3 is 2.75 bits per heavy atom. The number of hydrogen-bond acceptors (Lipinski definition) is 9. The number of rotatable bonds is 8. The molecule has 1 aliphatic carbocycles. The van der Waals surface area contributed by atoms with Gasteiger partial charge in [-0.3, -0.25) is 4.79 Å². The molecule has 0 unspecified atom stereocenters. The summed E-state index contributed by atoms with van der Waals surface area (Å²) in [7, 11) is 0. The molecular formula is C29H38N6O4S. The molecule has 3 heterocycles. The summed E-state index contributed by atoms with van der Waals surface area (Å²) in [6.45, 7) is 9.74. The van der Waals surface area contributed by atoms with Crippen molar-refractivity contribution in [2.45, 2.75) is 65.1 Å². The Morgan fingerprint density at radius 2 is 2.02 bits per heavy atom. The van der Waals surface area contributed by atoms with Gasteiger partial charge in [0.1, 0.15) is 22.1 Å². The summed E-state index contributed by atoms with van der Waals surface area (Å²) in [5.41, 5.74) is 9.23. The molecule has 11 heteroatoms. The number of alkyl carbamates (subject to hydrolysis) is 1. The third-order valence-corrected chi connectivity index (χ3v) is 7.75. The van der Waals surface area contributed by atoms with E-state index in [4.69, 9.17) is 9.47 Å². The molecule has 1 saturated heterocycles. The molecule has 40 heavy (non-hydrogen) atoms. The van der Waals surface area contributed by atoms with Gasteiger partial charge in [0, 0.05) is 48.6 Å². The highest BCUT2D eigenvalue weighted by Gasteiger charge is 2.29. The second kappa shape index (κ2) is 11.8. The minimum Gasteiger partial charge on any atom is -0.490 e. The van der Waals surface area contributed by atoms with Gasteiger partial charge in [0.05, 0.1) is 17.5 Å². The molecule has 1 aromatic heterocycles. The van der Waals surface area contributed by atoms with Gasteiger partial charge >= 0.3 is 6.09 Å². The number of nitrogens with one attached hydrogen (secondary N) is 4. The van der Waals surface area contributed by atoms with Crippen LogP contribution in [-0.4, -0.2) is 48.3 Å². The van der Waals surface area contributed by atoms with Gasteiger partial charge in [-0.1, -0.05) is 0 Å². The third-order valence-electron chi connectivity index (χ3n) is 6.86. The van der Waals surface area contributed by atoms with E-state index < -0.39 is 11.7 Å². The smallest absolute Gasteiger partial charge is 0.407 e. The Labute approximate surface area is 239 Å². The van der Waals surface area contributed by atoms with Crippen LogP contribution in [0.15, 0.2) is 36.0 Å². The maximum atomic E-state index is 13.3. The number of carbonyl (C=O) groups is 2. The van der Waals surface area contributed by atoms with Crippen LogP contribution in [0.25, 0.3) is 5.57 Å². The minimum atomic E-state index is -0.537. The summed E-state index contributed by atoms with van der Waals surface area (Å²) in [5, 5.41) is 8.59. The number of ether oxygens (including phenoxy) is 2. The number of anilines is 2. The van der Waals surface area contributed by atoms with E-state index in [9.17, 15) is 9.59 Å². The fourth-order valence-corrected chi connectivity index (χ4v) is 5.63. The lowest BCUT2D eigenvalue weighted by Crippen LogP contribution is -2.42. The van der Waals surface area contributed by atoms with Crippen LogP contribution in [0.1, 0.15) is 67.5 Å². The summed E-state index contributed by atoms with van der Waals surface area (Å²) >= 11 is 1.42. The van der Waals surface area contributed by atoms with Crippen LogP contribution in [-0.2, 0) is 4.74 Å². The first-order chi connectivity index (χ1) is 19.2. The van der Waals surface area contributed by atoms with Crippen LogP contribution in [0.5, 0.6) is 5.75 Å². The molecule has 2 aromatic rings. The Balaban J connectivity index is 1.33. The standard InChI is InChI=1S/C29H38N6O4S/c1-18-24(38-21-7-8-21)10-9-22(33-26(36)23-17-40-27(34-23)20-11-12-31-32-15-20)25(18)35-13-5-6-19(16-35)14-30-28(37)39-29(2,3)4/h9-12,15,17,19,21,31-32H,5-8,13-14,16H2,1-4H3,(H,30,37)(H,33,36)/t19-/m0/s1. The Bertz CT molecular complexity index is 1310. The molecule has 2 aliphatic heterocycles. The van der Waals surface area contributed by atoms with Crippen LogP contribution in [0.2, 0.25) is 0 Å². The second-order valence-corrected chi connectivity index (χ2v) is 12.3. The maximum Gasteiger partial charge on any atom is 0.407 e. The summed E-state index contributed by atoms with van der Waals surface area (Å²) in [6, 6.07) is 3.87. The summed E-state index contributed by atoms with van der Waals surface area (Å²) in [5.74, 6) is 0.835. The Kier molecular flexibility index (Phi) is 8.20. The van der Waals surface area contributed by atoms with E-state index in [1.54, 1.807) is 11.6 Å². The lowest BCUT2D eigenvalue weighted by atomic mass is 9.96. The normalized spacial score (nSPS) is 18.8. The monoisotopic (exact) mass is 566 g/mol. The molecule has 214 valence electrons. The van der Waals surface area contributed by atoms with E-state index in [1.807, 2.05) is 45.2 Å². The van der Waals surface area contributed by atoms with E-state index in [2.05, 4.69) is 38.3 Å². The highest BCUT2D eigenvalue weighted by molar-refractivity contribution is 7.11. The van der Waals surface area contributed by atoms with Crippen molar-refractivity contribution >= 4 is 40.3 Å². The molecule has 0 spiro atoms. The molecule has 10 nitrogen and oxygen atoms in total. The number of benzene rings is 1. The molecule has 4 N–H and O–H groups in total. The molecule has 2 fully saturated rings. The highest BCUT2D eigenvalue weighted by Crippen LogP contribution is 2.40. The number of nitrogens with zero attached hydrogens (tertiary/aromatic N) is 2. The summed E-state index contributed by atoms with van der Waals surface area (Å²) in [4.78, 5) is 32.5. The summed E-state index contributed by atoms with van der Waals surface area (Å²) in [6.07, 6.45) is 9.47. The number of hydrogen-bond donors (Lipinski definition) is 4. The Hall–Kier alpha value is -3.73. The summed E-state index contributed by atoms with van der Waals surface area (Å²) < 4.78 is 11.6. The molecule has 1 saturated carbocycles. The van der Waals surface area contributed by atoms with Crippen LogP contribution < -0.4 is 31.1 Å². The zero-order valence-corrected chi connectivity index (χ0v) is 24.3. The van der Waals surface area contributed by atoms with E-state index in [1.165, 1.54) is 11.3 Å². The predicted molar refractivity (Wildman–Crippen MR) is 157 cm³/mol. The quantitative estimate of drug-likeness (QED) is 0.355. The molecule has 2 amide bonds. The van der Waals surface area contributed by atoms with Gasteiger partial charge in [0.15, 0.2) is 0 Å². The molecule has 1 aromatic carbocycles. The SMILES string of the molecule is Cc1c(OC2CC2)ccc(NC(=O)c2csc(C3=CNNC=C3)n2)c1N1CCC[C@@H](CNC(=O)OC(C)(C)C)C1. The van der Waals surface area contributed by atoms with Crippen molar-refractivity contribution in [2.75, 3.05) is 29.9 Å². The average Bonchev–Trinajstić information content (AvgIpc) is 3.60. The van der Waals surface area contributed by atoms with Gasteiger partial charge < -0.3 is 35.9 Å². The molecule has 5 rings (SSSR count). The first-order valence-corrected chi connectivity index (χ1v) is 14.7. The number of carbonyl (C=O) groups excluding carboxylic acids is 2. The number of thiazole rings is 1. The van der Waals surface area contributed by atoms with E-state index >= 15 is 0 Å². The molecule has 1 atom stereocenters. The molecule has 3 aliphatic rings. The second-order valence-electron chi connectivity index (χ2n) is 11.5. The van der Waals surface area contributed by atoms with E-state index in [0.717, 1.165) is 72.0 Å². The number of allylic oxidation sites excluding steroid dienone is 2. The van der Waals surface area contributed by atoms with Crippen molar-refractivity contribution in [1.29, 1.82) is 0 Å². The first kappa shape index (κ1) is 27.8. The Morgan fingerprint density at radius 1 is 1.20 bits per heavy atom. The lowest BCUT2D eigenvalue weighted by Gasteiger charge is -2.37. The van der Waals surface area contributed by atoms with Crippen LogP contribution in [0, 0.1) is 12.8 Å². The van der Waals surface area contributed by atoms with Gasteiger partial charge in [0.2, 0.25) is 0 Å². The van der Waals surface area contributed by atoms with Gasteiger partial charge in [-0.05, 0) is 77.5 Å². The van der Waals surface area contributed by atoms with Crippen LogP contribution in [0.4, 0.5) is 16.2 Å². The fourth-order valence-electron chi connectivity index (χ4n) is 4.84. The van der Waals surface area contributed by atoms with Crippen LogP contribution in [0.3, 0.4) is 0 Å². The molecule has 0 radical (unpaired) electrons. The van der Waals surface area contributed by atoms with Crippen LogP contribution >= 0.6 is 11.3 Å². The van der Waals surface area contributed by atoms with Gasteiger partial charge in [-0.2, -0.15) is 0 Å². The van der Waals surface area contributed by atoms with Crippen molar-refractivity contribution in [1.82, 2.24) is 21.2 Å². The highest BCUT2D eigenvalue weighted by atomic mass is 32.1. The lowest BCUT2D eigenvalue weighted by molar-refractivity contribution is 0.0517. The predicted octanol–water partition coefficient (Wildman–Crippen LogP) is 4.95. The van der Waals surface area contributed by atoms with Crippen molar-refractivity contribution < 1.29 is 19.1 Å². The number of amides is 2. The van der Waals surface area contributed by atoms with Crippen molar-refractivity contribution in [3.8, 4) is 5.75 Å². The fraction of sp³-hybridized carbons (Fsp3) is 0.483. The minimum absolute atomic E-state index is 0.248. The van der Waals surface area contributed by atoms with Crippen molar-refractivity contribution in [2.24, 2.45) is 5.92 Å². The average molecular weight is 567 g/mol. The van der Waals surface area contributed by atoms with Gasteiger partial charge in [0.25, 0.3) is 5.91 Å². The number of aromatic nitrogens is 1. The van der Waals surface area contributed by atoms with Crippen molar-refractivity contribution in [3.05, 3.63) is 52.3 Å². The maximum absolute atomic E-state index is 13.3. The topological polar surface area (TPSA) is 117 Å². The van der Waals surface area contributed by atoms with Gasteiger partial charge in [-0.25, -0.2) is 9.78 Å². The number of piperidine rings is 1. The van der Waals surface area contributed by atoms with Gasteiger partial charge in [-0.15, -0.1) is 11.3 Å².